The number of benzene rings is 2. The number of anilines is 1. The van der Waals surface area contributed by atoms with E-state index in [1.165, 1.54) is 35.1 Å². The molecule has 0 spiro atoms. The van der Waals surface area contributed by atoms with Crippen molar-refractivity contribution < 1.29 is 19.8 Å². The number of nitrogens with one attached hydrogen (secondary N) is 1. The van der Waals surface area contributed by atoms with E-state index in [1.807, 2.05) is 27.5 Å². The van der Waals surface area contributed by atoms with E-state index in [0.717, 1.165) is 63.1 Å². The fraction of sp³-hybridized carbons (Fsp3) is 0.323. The number of carboxylic acid groups (broad SMARTS) is 2. The van der Waals surface area contributed by atoms with Crippen LogP contribution in [0.3, 0.4) is 0 Å². The predicted molar refractivity (Wildman–Crippen MR) is 160 cm³/mol. The predicted octanol–water partition coefficient (Wildman–Crippen LogP) is 4.23. The van der Waals surface area contributed by atoms with E-state index in [-0.39, 0.29) is 5.69 Å². The number of aromatic nitrogens is 3. The summed E-state index contributed by atoms with van der Waals surface area (Å²) in [4.78, 5) is 40.8. The minimum absolute atomic E-state index is 0.114. The SMILES string of the molecule is O=C(O)/C=C/C(=O)O.O=c1n(CCN2CCN(c3ccc4[nH]ccc4c3)CC2)c2ccccc2n1C1=CCCCC1. The lowest BCUT2D eigenvalue weighted by atomic mass is 10.0. The van der Waals surface area contributed by atoms with Gasteiger partial charge in [0.1, 0.15) is 0 Å². The number of hydrogen-bond acceptors (Lipinski definition) is 5. The molecular formula is C31H35N5O5. The van der Waals surface area contributed by atoms with E-state index in [9.17, 15) is 14.4 Å². The first-order chi connectivity index (χ1) is 19.9. The molecule has 6 rings (SSSR count). The molecule has 2 aliphatic rings. The Morgan fingerprint density at radius 3 is 2.29 bits per heavy atom. The highest BCUT2D eigenvalue weighted by molar-refractivity contribution is 5.89. The van der Waals surface area contributed by atoms with Crippen molar-refractivity contribution in [1.82, 2.24) is 19.0 Å². The van der Waals surface area contributed by atoms with E-state index in [1.54, 1.807) is 0 Å². The molecule has 10 nitrogen and oxygen atoms in total. The van der Waals surface area contributed by atoms with Crippen molar-refractivity contribution in [3.63, 3.8) is 0 Å². The van der Waals surface area contributed by atoms with Gasteiger partial charge in [-0.2, -0.15) is 0 Å². The zero-order valence-electron chi connectivity index (χ0n) is 22.9. The van der Waals surface area contributed by atoms with Gasteiger partial charge in [-0.05, 0) is 62.1 Å². The van der Waals surface area contributed by atoms with Crippen molar-refractivity contribution in [1.29, 1.82) is 0 Å². The van der Waals surface area contributed by atoms with Gasteiger partial charge in [0.2, 0.25) is 0 Å². The van der Waals surface area contributed by atoms with Gasteiger partial charge in [-0.15, -0.1) is 0 Å². The molecule has 1 aliphatic carbocycles. The van der Waals surface area contributed by atoms with Gasteiger partial charge < -0.3 is 20.1 Å². The summed E-state index contributed by atoms with van der Waals surface area (Å²) >= 11 is 0. The van der Waals surface area contributed by atoms with Gasteiger partial charge in [-0.25, -0.2) is 14.4 Å². The van der Waals surface area contributed by atoms with Crippen LogP contribution in [0.1, 0.15) is 25.7 Å². The molecule has 4 aromatic rings. The van der Waals surface area contributed by atoms with Crippen LogP contribution in [0.4, 0.5) is 5.69 Å². The second-order valence-electron chi connectivity index (χ2n) is 10.3. The molecule has 1 saturated heterocycles. The van der Waals surface area contributed by atoms with E-state index in [2.05, 4.69) is 57.3 Å². The lowest BCUT2D eigenvalue weighted by Crippen LogP contribution is -2.47. The van der Waals surface area contributed by atoms with E-state index >= 15 is 0 Å². The third-order valence-corrected chi connectivity index (χ3v) is 7.67. The van der Waals surface area contributed by atoms with Crippen molar-refractivity contribution in [2.24, 2.45) is 0 Å². The Morgan fingerprint density at radius 1 is 0.878 bits per heavy atom. The Balaban J connectivity index is 0.000000372. The number of para-hydroxylation sites is 2. The molecule has 0 atom stereocenters. The molecule has 2 aromatic carbocycles. The Labute approximate surface area is 237 Å². The number of allylic oxidation sites excluding steroid dienone is 2. The number of nitrogens with zero attached hydrogens (tertiary/aromatic N) is 4. The van der Waals surface area contributed by atoms with Gasteiger partial charge >= 0.3 is 17.6 Å². The Morgan fingerprint density at radius 2 is 1.61 bits per heavy atom. The topological polar surface area (TPSA) is 124 Å². The summed E-state index contributed by atoms with van der Waals surface area (Å²) < 4.78 is 3.95. The first kappa shape index (κ1) is 28.0. The van der Waals surface area contributed by atoms with Crippen LogP contribution < -0.4 is 10.6 Å². The summed E-state index contributed by atoms with van der Waals surface area (Å²) in [6.07, 6.45) is 9.82. The fourth-order valence-corrected chi connectivity index (χ4v) is 5.58. The highest BCUT2D eigenvalue weighted by atomic mass is 16.4. The third kappa shape index (κ3) is 6.60. The number of imidazole rings is 1. The number of fused-ring (bicyclic) bond motifs is 2. The number of aromatic amines is 1. The lowest BCUT2D eigenvalue weighted by molar-refractivity contribution is -0.134. The molecule has 2 aromatic heterocycles. The van der Waals surface area contributed by atoms with Crippen LogP contribution in [0.2, 0.25) is 0 Å². The first-order valence-corrected chi connectivity index (χ1v) is 14.0. The highest BCUT2D eigenvalue weighted by Gasteiger charge is 2.20. The number of rotatable bonds is 7. The highest BCUT2D eigenvalue weighted by Crippen LogP contribution is 2.25. The van der Waals surface area contributed by atoms with Crippen LogP contribution in [0.25, 0.3) is 27.6 Å². The first-order valence-electron chi connectivity index (χ1n) is 14.0. The number of aliphatic carboxylic acids is 2. The summed E-state index contributed by atoms with van der Waals surface area (Å²) in [6, 6.07) is 17.0. The van der Waals surface area contributed by atoms with E-state index in [4.69, 9.17) is 10.2 Å². The molecule has 3 heterocycles. The summed E-state index contributed by atoms with van der Waals surface area (Å²) in [5.74, 6) is -2.51. The number of carbonyl (C=O) groups is 2. The number of carboxylic acids is 2. The zero-order chi connectivity index (χ0) is 28.8. The molecular weight excluding hydrogens is 522 g/mol. The van der Waals surface area contributed by atoms with Crippen LogP contribution in [0.5, 0.6) is 0 Å². The van der Waals surface area contributed by atoms with Crippen molar-refractivity contribution >= 4 is 45.3 Å². The molecule has 10 heteroatoms. The molecule has 0 radical (unpaired) electrons. The number of piperazine rings is 1. The van der Waals surface area contributed by atoms with Crippen molar-refractivity contribution in [2.75, 3.05) is 37.6 Å². The van der Waals surface area contributed by atoms with E-state index in [0.29, 0.717) is 12.2 Å². The molecule has 0 unspecified atom stereocenters. The third-order valence-electron chi connectivity index (χ3n) is 7.67. The van der Waals surface area contributed by atoms with Crippen LogP contribution in [-0.2, 0) is 16.1 Å². The maximum Gasteiger partial charge on any atom is 0.333 e. The van der Waals surface area contributed by atoms with Gasteiger partial charge in [0.05, 0.1) is 11.0 Å². The second kappa shape index (κ2) is 12.7. The van der Waals surface area contributed by atoms with Gasteiger partial charge in [0.25, 0.3) is 0 Å². The molecule has 0 bridgehead atoms. The van der Waals surface area contributed by atoms with Gasteiger partial charge in [0.15, 0.2) is 0 Å². The van der Waals surface area contributed by atoms with Gasteiger partial charge in [-0.3, -0.25) is 14.0 Å². The Hall–Kier alpha value is -4.57. The normalized spacial score (nSPS) is 16.1. The van der Waals surface area contributed by atoms with Crippen LogP contribution >= 0.6 is 0 Å². The fourth-order valence-electron chi connectivity index (χ4n) is 5.58. The zero-order valence-corrected chi connectivity index (χ0v) is 22.9. The summed E-state index contributed by atoms with van der Waals surface area (Å²) in [7, 11) is 0. The number of hydrogen-bond donors (Lipinski definition) is 3. The molecule has 41 heavy (non-hydrogen) atoms. The molecule has 0 saturated carbocycles. The Bertz CT molecular complexity index is 1640. The van der Waals surface area contributed by atoms with Crippen molar-refractivity contribution in [2.45, 2.75) is 32.2 Å². The molecule has 1 fully saturated rings. The lowest BCUT2D eigenvalue weighted by Gasteiger charge is -2.36. The van der Waals surface area contributed by atoms with Crippen LogP contribution in [0.15, 0.2) is 77.8 Å². The minimum atomic E-state index is -1.26. The van der Waals surface area contributed by atoms with Crippen LogP contribution in [-0.4, -0.2) is 73.9 Å². The quantitative estimate of drug-likeness (QED) is 0.291. The molecule has 3 N–H and O–H groups in total. The van der Waals surface area contributed by atoms with Gasteiger partial charge in [0, 0.05) is 79.9 Å². The Kier molecular flexibility index (Phi) is 8.69. The average Bonchev–Trinajstić information content (AvgIpc) is 3.57. The summed E-state index contributed by atoms with van der Waals surface area (Å²) in [5.41, 5.74) is 5.86. The monoisotopic (exact) mass is 557 g/mol. The second-order valence-corrected chi connectivity index (χ2v) is 10.3. The average molecular weight is 558 g/mol. The van der Waals surface area contributed by atoms with E-state index < -0.39 is 11.9 Å². The van der Waals surface area contributed by atoms with Gasteiger partial charge in [-0.1, -0.05) is 18.2 Å². The number of H-pyrrole nitrogens is 1. The van der Waals surface area contributed by atoms with Crippen LogP contribution in [0, 0.1) is 0 Å². The smallest absolute Gasteiger partial charge is 0.333 e. The molecule has 0 amide bonds. The summed E-state index contributed by atoms with van der Waals surface area (Å²) in [5, 5.41) is 16.9. The van der Waals surface area contributed by atoms with Crippen molar-refractivity contribution in [3.05, 3.63) is 83.4 Å². The largest absolute Gasteiger partial charge is 0.478 e. The standard InChI is InChI=1S/C27H31N5O.C4H4O4/c33-27-31(25-8-4-5-9-26(25)32(27)22-6-2-1-3-7-22)19-16-29-14-17-30(18-15-29)23-10-11-24-21(20-23)12-13-28-24;5-3(6)1-2-4(7)8/h4-6,8-13,20,28H,1-3,7,14-19H2;1-2H,(H,5,6)(H,7,8)/b;2-1+. The molecule has 1 aliphatic heterocycles. The van der Waals surface area contributed by atoms with Crippen molar-refractivity contribution in [3.8, 4) is 0 Å². The molecule has 214 valence electrons. The minimum Gasteiger partial charge on any atom is -0.478 e. The maximum atomic E-state index is 13.4. The maximum absolute atomic E-state index is 13.4. The summed E-state index contributed by atoms with van der Waals surface area (Å²) in [6.45, 7) is 5.69.